The van der Waals surface area contributed by atoms with Gasteiger partial charge in [-0.25, -0.2) is 4.39 Å². The van der Waals surface area contributed by atoms with Gasteiger partial charge in [0.2, 0.25) is 0 Å². The molecule has 0 aliphatic carbocycles. The van der Waals surface area contributed by atoms with E-state index in [1.807, 2.05) is 6.07 Å². The third-order valence-electron chi connectivity index (χ3n) is 2.08. The number of nitrogens with zero attached hydrogens (tertiary/aromatic N) is 1. The van der Waals surface area contributed by atoms with Crippen LogP contribution in [-0.2, 0) is 6.54 Å². The molecule has 0 aliphatic heterocycles. The first-order valence-corrected chi connectivity index (χ1v) is 5.96. The summed E-state index contributed by atoms with van der Waals surface area (Å²) in [6.07, 6.45) is 1.74. The molecule has 2 N–H and O–H groups in total. The average Bonchev–Trinajstić information content (AvgIpc) is 2.34. The van der Waals surface area contributed by atoms with Gasteiger partial charge in [-0.15, -0.1) is 6.58 Å². The van der Waals surface area contributed by atoms with E-state index in [0.717, 1.165) is 5.56 Å². The molecule has 0 bridgehead atoms. The Hall–Kier alpha value is -1.36. The third-order valence-corrected chi connectivity index (χ3v) is 2.72. The van der Waals surface area contributed by atoms with Crippen LogP contribution in [0, 0.1) is 5.82 Å². The first kappa shape index (κ1) is 13.7. The summed E-state index contributed by atoms with van der Waals surface area (Å²) in [7, 11) is 1.68. The maximum atomic E-state index is 13.3. The van der Waals surface area contributed by atoms with Crippen molar-refractivity contribution in [1.29, 1.82) is 0 Å². The Labute approximate surface area is 109 Å². The van der Waals surface area contributed by atoms with Crippen LogP contribution in [-0.4, -0.2) is 19.6 Å². The predicted octanol–water partition coefficient (Wildman–Crippen LogP) is 2.44. The Kier molecular flexibility index (Phi) is 5.69. The molecule has 0 fully saturated rings. The number of aliphatic imine (C=N–C) groups is 1. The monoisotopic (exact) mass is 299 g/mol. The van der Waals surface area contributed by atoms with Gasteiger partial charge in [0.05, 0.1) is 4.47 Å². The van der Waals surface area contributed by atoms with Crippen LogP contribution in [0.3, 0.4) is 0 Å². The fraction of sp³-hybridized carbons (Fsp3) is 0.250. The van der Waals surface area contributed by atoms with Gasteiger partial charge in [0.1, 0.15) is 5.82 Å². The highest BCUT2D eigenvalue weighted by Crippen LogP contribution is 2.16. The molecule has 1 aromatic carbocycles. The molecule has 5 heteroatoms. The van der Waals surface area contributed by atoms with E-state index >= 15 is 0 Å². The summed E-state index contributed by atoms with van der Waals surface area (Å²) in [5.41, 5.74) is 0.854. The topological polar surface area (TPSA) is 36.4 Å². The summed E-state index contributed by atoms with van der Waals surface area (Å²) in [5.74, 6) is 0.395. The smallest absolute Gasteiger partial charge is 0.191 e. The molecule has 1 rings (SSSR count). The maximum absolute atomic E-state index is 13.3. The number of hydrogen-bond acceptors (Lipinski definition) is 1. The van der Waals surface area contributed by atoms with Gasteiger partial charge in [-0.3, -0.25) is 4.99 Å². The fourth-order valence-corrected chi connectivity index (χ4v) is 1.47. The number of benzene rings is 1. The molecule has 0 saturated carbocycles. The molecule has 0 atom stereocenters. The number of nitrogens with one attached hydrogen (secondary N) is 2. The minimum Gasteiger partial charge on any atom is -0.353 e. The van der Waals surface area contributed by atoms with E-state index in [0.29, 0.717) is 23.5 Å². The Morgan fingerprint density at radius 1 is 1.53 bits per heavy atom. The van der Waals surface area contributed by atoms with E-state index < -0.39 is 0 Å². The molecule has 92 valence electrons. The zero-order chi connectivity index (χ0) is 12.7. The minimum absolute atomic E-state index is 0.265. The largest absolute Gasteiger partial charge is 0.353 e. The van der Waals surface area contributed by atoms with E-state index in [1.165, 1.54) is 6.07 Å². The molecule has 3 nitrogen and oxygen atoms in total. The van der Waals surface area contributed by atoms with Crippen molar-refractivity contribution in [2.45, 2.75) is 6.54 Å². The van der Waals surface area contributed by atoms with Crippen LogP contribution in [0.1, 0.15) is 5.56 Å². The van der Waals surface area contributed by atoms with Gasteiger partial charge in [-0.05, 0) is 33.6 Å². The van der Waals surface area contributed by atoms with E-state index in [1.54, 1.807) is 19.2 Å². The van der Waals surface area contributed by atoms with Gasteiger partial charge in [0.25, 0.3) is 0 Å². The molecule has 0 amide bonds. The SMILES string of the molecule is C=CCNC(=NC)NCc1ccc(Br)c(F)c1. The van der Waals surface area contributed by atoms with Crippen molar-refractivity contribution in [2.75, 3.05) is 13.6 Å². The van der Waals surface area contributed by atoms with Crippen molar-refractivity contribution in [2.24, 2.45) is 4.99 Å². The molecule has 0 spiro atoms. The Morgan fingerprint density at radius 3 is 2.88 bits per heavy atom. The lowest BCUT2D eigenvalue weighted by Gasteiger charge is -2.10. The van der Waals surface area contributed by atoms with Crippen LogP contribution in [0.5, 0.6) is 0 Å². The third kappa shape index (κ3) is 4.56. The number of hydrogen-bond donors (Lipinski definition) is 2. The second-order valence-electron chi connectivity index (χ2n) is 3.34. The summed E-state index contributed by atoms with van der Waals surface area (Å²) < 4.78 is 13.7. The van der Waals surface area contributed by atoms with Crippen molar-refractivity contribution in [3.8, 4) is 0 Å². The first-order chi connectivity index (χ1) is 8.17. The summed E-state index contributed by atoms with van der Waals surface area (Å²) in [5, 5.41) is 6.11. The molecule has 0 aromatic heterocycles. The van der Waals surface area contributed by atoms with Crippen molar-refractivity contribution in [1.82, 2.24) is 10.6 Å². The summed E-state index contributed by atoms with van der Waals surface area (Å²) >= 11 is 3.11. The molecular weight excluding hydrogens is 285 g/mol. The zero-order valence-corrected chi connectivity index (χ0v) is 11.2. The molecule has 0 unspecified atom stereocenters. The second kappa shape index (κ2) is 7.06. The van der Waals surface area contributed by atoms with Crippen LogP contribution in [0.25, 0.3) is 0 Å². The van der Waals surface area contributed by atoms with Crippen molar-refractivity contribution < 1.29 is 4.39 Å². The maximum Gasteiger partial charge on any atom is 0.191 e. The van der Waals surface area contributed by atoms with Crippen LogP contribution >= 0.6 is 15.9 Å². The lowest BCUT2D eigenvalue weighted by atomic mass is 10.2. The van der Waals surface area contributed by atoms with E-state index in [-0.39, 0.29) is 5.82 Å². The molecule has 17 heavy (non-hydrogen) atoms. The fourth-order valence-electron chi connectivity index (χ4n) is 1.22. The number of guanidine groups is 1. The van der Waals surface area contributed by atoms with Gasteiger partial charge in [-0.1, -0.05) is 12.1 Å². The second-order valence-corrected chi connectivity index (χ2v) is 4.20. The Balaban J connectivity index is 2.54. The highest BCUT2D eigenvalue weighted by atomic mass is 79.9. The van der Waals surface area contributed by atoms with E-state index in [2.05, 4.69) is 38.1 Å². The lowest BCUT2D eigenvalue weighted by Crippen LogP contribution is -2.36. The summed E-state index contributed by atoms with van der Waals surface area (Å²) in [6.45, 7) is 4.75. The first-order valence-electron chi connectivity index (χ1n) is 5.16. The van der Waals surface area contributed by atoms with Crippen LogP contribution in [0.2, 0.25) is 0 Å². The standard InChI is InChI=1S/C12H15BrFN3/c1-3-6-16-12(15-2)17-8-9-4-5-10(13)11(14)7-9/h3-5,7H,1,6,8H2,2H3,(H2,15,16,17). The molecule has 0 heterocycles. The van der Waals surface area contributed by atoms with Gasteiger partial charge in [-0.2, -0.15) is 0 Å². The molecule has 0 saturated heterocycles. The predicted molar refractivity (Wildman–Crippen MR) is 72.5 cm³/mol. The lowest BCUT2D eigenvalue weighted by molar-refractivity contribution is 0.618. The van der Waals surface area contributed by atoms with Gasteiger partial charge < -0.3 is 10.6 Å². The van der Waals surface area contributed by atoms with Crippen molar-refractivity contribution >= 4 is 21.9 Å². The van der Waals surface area contributed by atoms with Crippen molar-refractivity contribution in [3.05, 3.63) is 46.7 Å². The van der Waals surface area contributed by atoms with Crippen LogP contribution < -0.4 is 10.6 Å². The highest BCUT2D eigenvalue weighted by Gasteiger charge is 2.01. The van der Waals surface area contributed by atoms with Gasteiger partial charge >= 0.3 is 0 Å². The van der Waals surface area contributed by atoms with E-state index in [9.17, 15) is 4.39 Å². The van der Waals surface area contributed by atoms with Crippen LogP contribution in [0.4, 0.5) is 4.39 Å². The quantitative estimate of drug-likeness (QED) is 0.509. The van der Waals surface area contributed by atoms with Gasteiger partial charge in [0, 0.05) is 20.1 Å². The molecule has 1 aromatic rings. The molecule has 0 radical (unpaired) electrons. The average molecular weight is 300 g/mol. The van der Waals surface area contributed by atoms with Crippen LogP contribution in [0.15, 0.2) is 40.3 Å². The zero-order valence-electron chi connectivity index (χ0n) is 9.63. The van der Waals surface area contributed by atoms with Gasteiger partial charge in [0.15, 0.2) is 5.96 Å². The number of halogens is 2. The molecular formula is C12H15BrFN3. The highest BCUT2D eigenvalue weighted by molar-refractivity contribution is 9.10. The van der Waals surface area contributed by atoms with Crippen molar-refractivity contribution in [3.63, 3.8) is 0 Å². The minimum atomic E-state index is -0.265. The summed E-state index contributed by atoms with van der Waals surface area (Å²) in [6, 6.07) is 5.02. The Morgan fingerprint density at radius 2 is 2.29 bits per heavy atom. The van der Waals surface area contributed by atoms with E-state index in [4.69, 9.17) is 0 Å². The number of rotatable bonds is 4. The Bertz CT molecular complexity index is 418. The normalized spacial score (nSPS) is 11.1. The molecule has 0 aliphatic rings. The summed E-state index contributed by atoms with van der Waals surface area (Å²) in [4.78, 5) is 4.02.